The summed E-state index contributed by atoms with van der Waals surface area (Å²) in [5, 5.41) is 23.3. The first-order chi connectivity index (χ1) is 15.4. The summed E-state index contributed by atoms with van der Waals surface area (Å²) in [6.07, 6.45) is 0. The van der Waals surface area contributed by atoms with Crippen molar-refractivity contribution in [2.45, 2.75) is 79.1 Å². The lowest BCUT2D eigenvalue weighted by Crippen LogP contribution is -2.17. The number of nitro benzene ring substituents is 1. The van der Waals surface area contributed by atoms with E-state index in [0.717, 1.165) is 21.4 Å². The molecule has 0 N–H and O–H groups in total. The maximum absolute atomic E-state index is 12.2. The van der Waals surface area contributed by atoms with E-state index < -0.39 is 9.96 Å². The van der Waals surface area contributed by atoms with Gasteiger partial charge in [-0.25, -0.2) is 10.1 Å². The van der Waals surface area contributed by atoms with E-state index in [9.17, 15) is 20.2 Å². The summed E-state index contributed by atoms with van der Waals surface area (Å²) >= 11 is 0. The van der Waals surface area contributed by atoms with Crippen molar-refractivity contribution in [1.29, 1.82) is 0 Å². The van der Waals surface area contributed by atoms with Crippen LogP contribution in [0.25, 0.3) is 0 Å². The van der Waals surface area contributed by atoms with E-state index in [2.05, 4.69) is 11.0 Å². The van der Waals surface area contributed by atoms with Crippen molar-refractivity contribution in [2.75, 3.05) is 0 Å². The van der Waals surface area contributed by atoms with Crippen LogP contribution in [0.5, 0.6) is 0 Å². The minimum Gasteiger partial charge on any atom is -0.258 e. The number of nitrogens with zero attached hydrogens (tertiary/aromatic N) is 4. The lowest BCUT2D eigenvalue weighted by atomic mass is 9.91. The van der Waals surface area contributed by atoms with Crippen molar-refractivity contribution >= 4 is 23.1 Å². The fraction of sp³-hybridized carbons (Fsp3) is 0.480. The standard InChI is InChI=1S/C25H33N4O4/c1-15(2)19-12-13-22(28(30)31)23(18(7)8)24(19)26-14-27(29(32)33)25-20(16(3)4)10-9-11-21(25)17(5)6/h9-13,15-18H,1-8H3/q+1. The molecule has 0 radical (unpaired) electrons. The van der Waals surface area contributed by atoms with Gasteiger partial charge in [0.25, 0.3) is 10.7 Å². The summed E-state index contributed by atoms with van der Waals surface area (Å²) in [6.45, 7) is 15.5. The van der Waals surface area contributed by atoms with Gasteiger partial charge in [-0.15, -0.1) is 0 Å². The van der Waals surface area contributed by atoms with Crippen LogP contribution >= 0.6 is 0 Å². The molecule has 2 rings (SSSR count). The summed E-state index contributed by atoms with van der Waals surface area (Å²) in [5.41, 5.74) is 3.62. The molecule has 0 aliphatic heterocycles. The van der Waals surface area contributed by atoms with Gasteiger partial charge in [-0.1, -0.05) is 73.6 Å². The molecule has 0 atom stereocenters. The van der Waals surface area contributed by atoms with Crippen LogP contribution in [-0.4, -0.2) is 20.6 Å². The number of hydrogen-bond acceptors (Lipinski definition) is 5. The molecule has 0 saturated heterocycles. The quantitative estimate of drug-likeness (QED) is 0.179. The number of hydrazone groups is 1. The molecule has 0 unspecified atom stereocenters. The zero-order valence-electron chi connectivity index (χ0n) is 20.6. The lowest BCUT2D eigenvalue weighted by molar-refractivity contribution is -1.06. The van der Waals surface area contributed by atoms with Gasteiger partial charge in [0.05, 0.1) is 10.5 Å². The van der Waals surface area contributed by atoms with Crippen LogP contribution in [0.4, 0.5) is 17.1 Å². The molecule has 0 aliphatic carbocycles. The van der Waals surface area contributed by atoms with Crippen molar-refractivity contribution in [1.82, 2.24) is 0 Å². The summed E-state index contributed by atoms with van der Waals surface area (Å²) < 4.78 is 0.831. The van der Waals surface area contributed by atoms with Crippen LogP contribution < -0.4 is 0 Å². The van der Waals surface area contributed by atoms with E-state index in [1.807, 2.05) is 73.6 Å². The van der Waals surface area contributed by atoms with Crippen molar-refractivity contribution in [2.24, 2.45) is 4.99 Å². The van der Waals surface area contributed by atoms with Crippen molar-refractivity contribution < 1.29 is 14.6 Å². The largest absolute Gasteiger partial charge is 0.390 e. The molecule has 0 fully saturated rings. The number of rotatable bonds is 8. The van der Waals surface area contributed by atoms with Crippen LogP contribution in [-0.2, 0) is 0 Å². The van der Waals surface area contributed by atoms with Crippen molar-refractivity contribution in [3.63, 3.8) is 0 Å². The van der Waals surface area contributed by atoms with Gasteiger partial charge in [0.15, 0.2) is 5.69 Å². The Morgan fingerprint density at radius 2 is 1.27 bits per heavy atom. The van der Waals surface area contributed by atoms with Crippen LogP contribution in [0, 0.1) is 20.2 Å². The Labute approximate surface area is 195 Å². The van der Waals surface area contributed by atoms with Crippen molar-refractivity contribution in [3.8, 4) is 0 Å². The number of benzene rings is 2. The molecule has 0 bridgehead atoms. The average Bonchev–Trinajstić information content (AvgIpc) is 2.72. The van der Waals surface area contributed by atoms with Gasteiger partial charge in [-0.3, -0.25) is 10.1 Å². The Bertz CT molecular complexity index is 1100. The highest BCUT2D eigenvalue weighted by Crippen LogP contribution is 2.40. The molecule has 0 heterocycles. The van der Waals surface area contributed by atoms with E-state index in [0.29, 0.717) is 16.9 Å². The molecule has 0 spiro atoms. The minimum atomic E-state index is -0.544. The van der Waals surface area contributed by atoms with Gasteiger partial charge in [0.1, 0.15) is 4.68 Å². The monoisotopic (exact) mass is 453 g/mol. The van der Waals surface area contributed by atoms with Crippen LogP contribution in [0.1, 0.15) is 101 Å². The third-order valence-electron chi connectivity index (χ3n) is 5.60. The maximum atomic E-state index is 12.2. The van der Waals surface area contributed by atoms with Gasteiger partial charge < -0.3 is 0 Å². The smallest absolute Gasteiger partial charge is 0.258 e. The fourth-order valence-electron chi connectivity index (χ4n) is 3.96. The number of aliphatic imine (C=N–C) groups is 1. The van der Waals surface area contributed by atoms with Gasteiger partial charge >= 0.3 is 6.01 Å². The number of nitro groups is 2. The molecular formula is C25H33N4O4+. The van der Waals surface area contributed by atoms with Crippen molar-refractivity contribution in [3.05, 3.63) is 72.8 Å². The molecule has 176 valence electrons. The third kappa shape index (κ3) is 5.52. The second-order valence-electron chi connectivity index (χ2n) is 9.36. The molecule has 8 nitrogen and oxygen atoms in total. The maximum Gasteiger partial charge on any atom is 0.390 e. The first kappa shape index (κ1) is 25.9. The van der Waals surface area contributed by atoms with Crippen LogP contribution in [0.15, 0.2) is 35.3 Å². The normalized spacial score (nSPS) is 11.3. The molecule has 0 aliphatic rings. The highest BCUT2D eigenvalue weighted by atomic mass is 16.7. The molecule has 0 saturated carbocycles. The lowest BCUT2D eigenvalue weighted by Gasteiger charge is -2.14. The summed E-state index contributed by atoms with van der Waals surface area (Å²) in [4.78, 5) is 27.9. The Morgan fingerprint density at radius 3 is 1.67 bits per heavy atom. The first-order valence-corrected chi connectivity index (χ1v) is 11.2. The molecule has 8 heteroatoms. The molecular weight excluding hydrogens is 420 g/mol. The van der Waals surface area contributed by atoms with E-state index in [1.54, 1.807) is 6.07 Å². The van der Waals surface area contributed by atoms with Gasteiger partial charge in [-0.05, 0) is 29.7 Å². The molecule has 2 aromatic carbocycles. The zero-order chi connectivity index (χ0) is 25.0. The predicted octanol–water partition coefficient (Wildman–Crippen LogP) is 7.43. The number of hydrazine groups is 1. The van der Waals surface area contributed by atoms with Gasteiger partial charge in [0.2, 0.25) is 5.69 Å². The minimum absolute atomic E-state index is 0.0158. The van der Waals surface area contributed by atoms with E-state index in [4.69, 9.17) is 0 Å². The summed E-state index contributed by atoms with van der Waals surface area (Å²) in [6, 6.07) is 11.4. The highest BCUT2D eigenvalue weighted by Gasteiger charge is 2.30. The van der Waals surface area contributed by atoms with Crippen LogP contribution in [0.2, 0.25) is 0 Å². The van der Waals surface area contributed by atoms with Gasteiger partial charge in [0, 0.05) is 27.7 Å². The number of para-hydroxylation sites is 1. The molecule has 2 aromatic rings. The predicted molar refractivity (Wildman–Crippen MR) is 130 cm³/mol. The van der Waals surface area contributed by atoms with E-state index >= 15 is 0 Å². The SMILES string of the molecule is CC(C)c1ccc([N+](=O)[O-])c(C(C)C)c1N=C=[N+](c1c(C(C)C)cccc1C(C)C)[N+](=O)[O-]. The average molecular weight is 454 g/mol. The molecule has 0 amide bonds. The Morgan fingerprint density at radius 1 is 0.758 bits per heavy atom. The highest BCUT2D eigenvalue weighted by molar-refractivity contribution is 5.67. The summed E-state index contributed by atoms with van der Waals surface area (Å²) in [5.74, 6) is -0.110. The Kier molecular flexibility index (Phi) is 8.23. The second kappa shape index (κ2) is 10.5. The fourth-order valence-corrected chi connectivity index (χ4v) is 3.96. The third-order valence-corrected chi connectivity index (χ3v) is 5.60. The second-order valence-corrected chi connectivity index (χ2v) is 9.36. The Balaban J connectivity index is 3.01. The zero-order valence-corrected chi connectivity index (χ0v) is 20.6. The Hall–Kier alpha value is -3.38. The number of hydrogen-bond donors (Lipinski definition) is 0. The first-order valence-electron chi connectivity index (χ1n) is 11.2. The molecule has 0 aromatic heterocycles. The van der Waals surface area contributed by atoms with E-state index in [-0.39, 0.29) is 29.4 Å². The van der Waals surface area contributed by atoms with Crippen LogP contribution in [0.3, 0.4) is 0 Å². The topological polar surface area (TPSA) is 102 Å². The van der Waals surface area contributed by atoms with E-state index in [1.165, 1.54) is 6.07 Å². The summed E-state index contributed by atoms with van der Waals surface area (Å²) in [7, 11) is 0. The van der Waals surface area contributed by atoms with Gasteiger partial charge in [-0.2, -0.15) is 0 Å². The molecule has 33 heavy (non-hydrogen) atoms.